The van der Waals surface area contributed by atoms with Gasteiger partial charge in [0.1, 0.15) is 23.2 Å². The number of ether oxygens (including phenoxy) is 3. The SMILES string of the molecule is C=C[C@@H]1C[C@]1(CC(=O)[C@@H]1C[C@]23CCc4c(c(nc5ccc(OC)cc45)CCCCC[C@@H]4C[C@H]4OC(=O)C[C@@H](C(C)(C)C)C(=O)N1C2)O3)C(=O)NS(=O)(=O)C1(C)CC1. The van der Waals surface area contributed by atoms with Gasteiger partial charge in [0.05, 0.1) is 53.4 Å². The van der Waals surface area contributed by atoms with Crippen molar-refractivity contribution in [2.24, 2.45) is 28.6 Å². The number of methoxy groups -OCH3 is 1. The van der Waals surface area contributed by atoms with Crippen molar-refractivity contribution in [1.82, 2.24) is 14.6 Å². The molecule has 2 amide bonds. The van der Waals surface area contributed by atoms with Gasteiger partial charge in [0.25, 0.3) is 0 Å². The van der Waals surface area contributed by atoms with Gasteiger partial charge in [-0.1, -0.05) is 39.7 Å². The van der Waals surface area contributed by atoms with Crippen molar-refractivity contribution in [2.75, 3.05) is 13.7 Å². The van der Waals surface area contributed by atoms with Crippen LogP contribution in [0.15, 0.2) is 30.9 Å². The summed E-state index contributed by atoms with van der Waals surface area (Å²) in [5, 5.41) is 0.946. The molecule has 57 heavy (non-hydrogen) atoms. The highest BCUT2D eigenvalue weighted by molar-refractivity contribution is 7.91. The lowest BCUT2D eigenvalue weighted by molar-refractivity contribution is -0.154. The molecular formula is C44H57N3O9S. The number of aryl methyl sites for hydroxylation is 2. The van der Waals surface area contributed by atoms with E-state index in [1.165, 1.54) is 0 Å². The molecule has 13 heteroatoms. The largest absolute Gasteiger partial charge is 0.497 e. The van der Waals surface area contributed by atoms with Crippen molar-refractivity contribution in [2.45, 2.75) is 140 Å². The molecule has 8 rings (SSSR count). The maximum absolute atomic E-state index is 15.0. The number of fused-ring (bicyclic) bond motifs is 4. The molecule has 308 valence electrons. The molecule has 3 bridgehead atoms. The molecule has 1 N–H and O–H groups in total. The Kier molecular flexibility index (Phi) is 9.84. The first-order chi connectivity index (χ1) is 26.9. The fraction of sp³-hybridized carbons (Fsp3) is 0.659. The number of carbonyl (C=O) groups is 4. The molecule has 0 radical (unpaired) electrons. The Labute approximate surface area is 335 Å². The Morgan fingerprint density at radius 2 is 1.88 bits per heavy atom. The number of hydrogen-bond acceptors (Lipinski definition) is 10. The molecule has 1 aromatic heterocycles. The van der Waals surface area contributed by atoms with Crippen LogP contribution in [0.3, 0.4) is 0 Å². The minimum absolute atomic E-state index is 0.112. The molecule has 4 heterocycles. The van der Waals surface area contributed by atoms with Crippen LogP contribution in [0.4, 0.5) is 0 Å². The van der Waals surface area contributed by atoms with Crippen molar-refractivity contribution < 1.29 is 41.8 Å². The van der Waals surface area contributed by atoms with Crippen molar-refractivity contribution in [3.05, 3.63) is 42.1 Å². The lowest BCUT2D eigenvalue weighted by atomic mass is 9.77. The Hall–Kier alpha value is -4.00. The van der Waals surface area contributed by atoms with Gasteiger partial charge in [-0.2, -0.15) is 0 Å². The number of esters is 1. The highest BCUT2D eigenvalue weighted by Crippen LogP contribution is 2.58. The van der Waals surface area contributed by atoms with E-state index in [-0.39, 0.29) is 50.0 Å². The van der Waals surface area contributed by atoms with E-state index < -0.39 is 61.0 Å². The summed E-state index contributed by atoms with van der Waals surface area (Å²) < 4.78 is 46.3. The predicted octanol–water partition coefficient (Wildman–Crippen LogP) is 6.16. The number of Topliss-reactive ketones (excluding diaryl/α,β-unsaturated/α-hetero) is 1. The fourth-order valence-corrected chi connectivity index (χ4v) is 11.0. The van der Waals surface area contributed by atoms with Gasteiger partial charge in [0, 0.05) is 23.8 Å². The van der Waals surface area contributed by atoms with Crippen LogP contribution in [0.2, 0.25) is 0 Å². The van der Waals surface area contributed by atoms with E-state index in [4.69, 9.17) is 19.2 Å². The number of benzene rings is 1. The Morgan fingerprint density at radius 3 is 2.56 bits per heavy atom. The molecule has 7 atom stereocenters. The number of hydrogen-bond donors (Lipinski definition) is 1. The van der Waals surface area contributed by atoms with Crippen LogP contribution in [0.5, 0.6) is 11.5 Å². The average Bonchev–Trinajstić information content (AvgIpc) is 4.12. The van der Waals surface area contributed by atoms with E-state index in [1.54, 1.807) is 25.0 Å². The minimum Gasteiger partial charge on any atom is -0.497 e. The molecule has 3 aliphatic carbocycles. The first-order valence-electron chi connectivity index (χ1n) is 20.8. The number of aromatic nitrogens is 1. The third-order valence-corrected chi connectivity index (χ3v) is 16.2. The second kappa shape index (κ2) is 14.1. The van der Waals surface area contributed by atoms with Crippen LogP contribution in [0.25, 0.3) is 10.9 Å². The van der Waals surface area contributed by atoms with E-state index >= 15 is 4.79 Å². The third-order valence-electron chi connectivity index (χ3n) is 14.1. The topological polar surface area (TPSA) is 158 Å². The van der Waals surface area contributed by atoms with E-state index in [0.29, 0.717) is 49.5 Å². The molecule has 1 saturated heterocycles. The van der Waals surface area contributed by atoms with Crippen LogP contribution < -0.4 is 14.2 Å². The summed E-state index contributed by atoms with van der Waals surface area (Å²) >= 11 is 0. The average molecular weight is 804 g/mol. The number of sulfonamides is 1. The zero-order chi connectivity index (χ0) is 40.7. The number of allylic oxidation sites excluding steroid dienone is 1. The zero-order valence-electron chi connectivity index (χ0n) is 34.0. The van der Waals surface area contributed by atoms with Gasteiger partial charge in [0.15, 0.2) is 5.78 Å². The van der Waals surface area contributed by atoms with Gasteiger partial charge in [-0.05, 0) is 100 Å². The van der Waals surface area contributed by atoms with Crippen LogP contribution in [-0.2, 0) is 46.8 Å². The number of ketones is 1. The highest BCUT2D eigenvalue weighted by Gasteiger charge is 2.63. The summed E-state index contributed by atoms with van der Waals surface area (Å²) in [7, 11) is -2.32. The van der Waals surface area contributed by atoms with Gasteiger partial charge in [-0.3, -0.25) is 23.9 Å². The molecule has 3 aliphatic heterocycles. The molecule has 1 spiro atoms. The number of rotatable bonds is 8. The van der Waals surface area contributed by atoms with Gasteiger partial charge in [-0.25, -0.2) is 13.4 Å². The lowest BCUT2D eigenvalue weighted by Gasteiger charge is -2.38. The quantitative estimate of drug-likeness (QED) is 0.242. The summed E-state index contributed by atoms with van der Waals surface area (Å²) in [5.41, 5.74) is -0.142. The van der Waals surface area contributed by atoms with Gasteiger partial charge in [-0.15, -0.1) is 6.58 Å². The second-order valence-electron chi connectivity index (χ2n) is 19.2. The molecule has 1 aromatic carbocycles. The van der Waals surface area contributed by atoms with Crippen LogP contribution in [0, 0.1) is 28.6 Å². The monoisotopic (exact) mass is 803 g/mol. The summed E-state index contributed by atoms with van der Waals surface area (Å²) in [5.74, 6) is -1.25. The summed E-state index contributed by atoms with van der Waals surface area (Å²) in [4.78, 5) is 63.9. The molecular weight excluding hydrogens is 747 g/mol. The first kappa shape index (κ1) is 39.8. The summed E-state index contributed by atoms with van der Waals surface area (Å²) in [6, 6.07) is 4.90. The zero-order valence-corrected chi connectivity index (χ0v) is 34.8. The Balaban J connectivity index is 1.17. The number of nitrogens with zero attached hydrogens (tertiary/aromatic N) is 2. The Bertz CT molecular complexity index is 2140. The molecule has 0 unspecified atom stereocenters. The Morgan fingerprint density at radius 1 is 1.11 bits per heavy atom. The maximum Gasteiger partial charge on any atom is 0.306 e. The van der Waals surface area contributed by atoms with E-state index in [2.05, 4.69) is 11.3 Å². The van der Waals surface area contributed by atoms with Crippen molar-refractivity contribution >= 4 is 44.5 Å². The molecule has 3 saturated carbocycles. The van der Waals surface area contributed by atoms with Crippen molar-refractivity contribution in [1.29, 1.82) is 0 Å². The van der Waals surface area contributed by atoms with E-state index in [1.807, 2.05) is 39.0 Å². The molecule has 12 nitrogen and oxygen atoms in total. The van der Waals surface area contributed by atoms with Crippen LogP contribution in [0.1, 0.15) is 116 Å². The molecule has 4 fully saturated rings. The van der Waals surface area contributed by atoms with Crippen LogP contribution in [-0.4, -0.2) is 78.0 Å². The molecule has 6 aliphatic rings. The standard InChI is InChI=1S/C44H57N3O9S/c1-7-27-22-44(27,40(51)46-57(52,53)42(5)17-18-42)24-35(48)34-23-43-16-15-29-30-20-28(54-6)13-14-32(30)45-33(38(29)56-43)12-10-8-9-11-26-19-36(26)55-37(49)21-31(41(2,3)4)39(50)47(34)25-43/h7,13-14,20,26-27,31,34,36H,1,8-12,15-19,21-25H2,2-6H3,(H,46,51)/t26-,27-,31-,34+,36-,43-,44-/m1/s1. The summed E-state index contributed by atoms with van der Waals surface area (Å²) in [6.07, 6.45) is 9.00. The normalized spacial score (nSPS) is 32.2. The van der Waals surface area contributed by atoms with Gasteiger partial charge in [0.2, 0.25) is 21.8 Å². The van der Waals surface area contributed by atoms with Crippen LogP contribution >= 0.6 is 0 Å². The highest BCUT2D eigenvalue weighted by atomic mass is 32.2. The van der Waals surface area contributed by atoms with E-state index in [0.717, 1.165) is 54.3 Å². The number of pyridine rings is 1. The van der Waals surface area contributed by atoms with E-state index in [9.17, 15) is 22.8 Å². The van der Waals surface area contributed by atoms with Gasteiger partial charge >= 0.3 is 5.97 Å². The lowest BCUT2D eigenvalue weighted by Crippen LogP contribution is -2.49. The fourth-order valence-electron chi connectivity index (χ4n) is 9.65. The second-order valence-corrected chi connectivity index (χ2v) is 21.4. The van der Waals surface area contributed by atoms with Gasteiger partial charge < -0.3 is 19.1 Å². The molecule has 2 aromatic rings. The summed E-state index contributed by atoms with van der Waals surface area (Å²) in [6.45, 7) is 11.4. The predicted molar refractivity (Wildman–Crippen MR) is 213 cm³/mol. The smallest absolute Gasteiger partial charge is 0.306 e. The first-order valence-corrected chi connectivity index (χ1v) is 22.3. The number of carbonyl (C=O) groups excluding carboxylic acids is 4. The van der Waals surface area contributed by atoms with Crippen molar-refractivity contribution in [3.63, 3.8) is 0 Å². The number of amides is 2. The van der Waals surface area contributed by atoms with Crippen molar-refractivity contribution in [3.8, 4) is 11.5 Å². The maximum atomic E-state index is 15.0. The minimum atomic E-state index is -3.95. The third kappa shape index (κ3) is 7.35. The number of nitrogens with one attached hydrogen (secondary N) is 1.